The Kier molecular flexibility index (Phi) is 6.03. The predicted octanol–water partition coefficient (Wildman–Crippen LogP) is -2.13. The first-order valence-corrected chi connectivity index (χ1v) is 5.45. The summed E-state index contributed by atoms with van der Waals surface area (Å²) in [5.74, 6) is -0.511. The van der Waals surface area contributed by atoms with Gasteiger partial charge in [0.05, 0.1) is 12.8 Å². The summed E-state index contributed by atoms with van der Waals surface area (Å²) in [4.78, 5) is 15.2. The number of carbonyl (C=O) groups is 1. The van der Waals surface area contributed by atoms with E-state index in [0.29, 0.717) is 5.56 Å². The predicted molar refractivity (Wildman–Crippen MR) is 65.3 cm³/mol. The van der Waals surface area contributed by atoms with Crippen LogP contribution in [0, 0.1) is 0 Å². The summed E-state index contributed by atoms with van der Waals surface area (Å²) in [5.41, 5.74) is 2.46. The molecule has 0 aliphatic carbocycles. The van der Waals surface area contributed by atoms with Gasteiger partial charge in [-0.15, -0.1) is 0 Å². The van der Waals surface area contributed by atoms with Crippen molar-refractivity contribution < 1.29 is 25.2 Å². The second-order valence-corrected chi connectivity index (χ2v) is 3.69. The zero-order valence-corrected chi connectivity index (χ0v) is 9.92. The Labute approximate surface area is 109 Å². The molecule has 0 aromatic carbocycles. The van der Waals surface area contributed by atoms with Gasteiger partial charge in [-0.05, 0) is 12.1 Å². The summed E-state index contributed by atoms with van der Waals surface area (Å²) in [6.07, 6.45) is -0.865. The Hall–Kier alpha value is -1.87. The average molecular weight is 269 g/mol. The third kappa shape index (κ3) is 4.72. The van der Waals surface area contributed by atoms with Gasteiger partial charge in [-0.1, -0.05) is 0 Å². The minimum absolute atomic E-state index is 0.331. The van der Waals surface area contributed by atoms with Gasteiger partial charge in [0, 0.05) is 18.0 Å². The highest BCUT2D eigenvalue weighted by Gasteiger charge is 2.22. The number of aliphatic hydroxyl groups excluding tert-OH is 4. The molecule has 0 radical (unpaired) electrons. The average Bonchev–Trinajstić information content (AvgIpc) is 2.46. The molecular formula is C11H15N3O5. The first-order chi connectivity index (χ1) is 9.06. The highest BCUT2D eigenvalue weighted by atomic mass is 16.4. The van der Waals surface area contributed by atoms with Crippen molar-refractivity contribution >= 4 is 12.1 Å². The third-order valence-corrected chi connectivity index (χ3v) is 2.27. The summed E-state index contributed by atoms with van der Waals surface area (Å²) in [6, 6.07) is 2.96. The van der Waals surface area contributed by atoms with Crippen LogP contribution in [0.25, 0.3) is 0 Å². The number of amides is 1. The van der Waals surface area contributed by atoms with Crippen molar-refractivity contribution in [3.05, 3.63) is 30.1 Å². The molecule has 0 spiro atoms. The Morgan fingerprint density at radius 3 is 2.58 bits per heavy atom. The van der Waals surface area contributed by atoms with Crippen LogP contribution in [0.3, 0.4) is 0 Å². The summed E-state index contributed by atoms with van der Waals surface area (Å²) in [7, 11) is 0. The van der Waals surface area contributed by atoms with E-state index >= 15 is 0 Å². The van der Waals surface area contributed by atoms with Gasteiger partial charge in [0.2, 0.25) is 0 Å². The molecule has 0 saturated heterocycles. The van der Waals surface area contributed by atoms with Crippen molar-refractivity contribution in [2.45, 2.75) is 18.3 Å². The van der Waals surface area contributed by atoms with Crippen LogP contribution in [-0.2, 0) is 0 Å². The number of hydrazone groups is 1. The van der Waals surface area contributed by atoms with E-state index in [9.17, 15) is 15.0 Å². The standard InChI is InChI=1S/C11H15N3O5/c15-6-9(17)10(18)8(16)5-13-14-11(19)7-1-3-12-4-2-7/h1-5,8-10,15-18H,6H2,(H,14,19)/t8-,9+,10+/m0/s1. The molecule has 0 bridgehead atoms. The van der Waals surface area contributed by atoms with E-state index < -0.39 is 30.8 Å². The maximum absolute atomic E-state index is 11.5. The lowest BCUT2D eigenvalue weighted by Crippen LogP contribution is -2.40. The molecule has 0 unspecified atom stereocenters. The zero-order valence-electron chi connectivity index (χ0n) is 9.92. The van der Waals surface area contributed by atoms with E-state index in [0.717, 1.165) is 6.21 Å². The van der Waals surface area contributed by atoms with Gasteiger partial charge < -0.3 is 20.4 Å². The minimum atomic E-state index is -1.59. The van der Waals surface area contributed by atoms with Gasteiger partial charge in [-0.2, -0.15) is 5.10 Å². The molecule has 1 aromatic rings. The number of hydrogen-bond acceptors (Lipinski definition) is 7. The van der Waals surface area contributed by atoms with E-state index in [1.807, 2.05) is 0 Å². The van der Waals surface area contributed by atoms with E-state index in [1.165, 1.54) is 24.5 Å². The van der Waals surface area contributed by atoms with E-state index in [4.69, 9.17) is 10.2 Å². The fraction of sp³-hybridized carbons (Fsp3) is 0.364. The van der Waals surface area contributed by atoms with Crippen LogP contribution in [0.5, 0.6) is 0 Å². The van der Waals surface area contributed by atoms with E-state index in [2.05, 4.69) is 15.5 Å². The maximum atomic E-state index is 11.5. The van der Waals surface area contributed by atoms with Crippen molar-refractivity contribution in [3.8, 4) is 0 Å². The van der Waals surface area contributed by atoms with Crippen LogP contribution in [-0.4, -0.2) is 62.5 Å². The van der Waals surface area contributed by atoms with E-state index in [-0.39, 0.29) is 0 Å². The van der Waals surface area contributed by atoms with Crippen LogP contribution >= 0.6 is 0 Å². The molecule has 1 aromatic heterocycles. The summed E-state index contributed by atoms with van der Waals surface area (Å²) in [6.45, 7) is -0.699. The summed E-state index contributed by atoms with van der Waals surface area (Å²) >= 11 is 0. The van der Waals surface area contributed by atoms with Crippen LogP contribution in [0.4, 0.5) is 0 Å². The zero-order chi connectivity index (χ0) is 14.3. The van der Waals surface area contributed by atoms with Gasteiger partial charge >= 0.3 is 0 Å². The Balaban J connectivity index is 2.48. The molecule has 8 nitrogen and oxygen atoms in total. The number of hydrogen-bond donors (Lipinski definition) is 5. The smallest absolute Gasteiger partial charge is 0.271 e. The summed E-state index contributed by atoms with van der Waals surface area (Å²) < 4.78 is 0. The number of carbonyl (C=O) groups excluding carboxylic acids is 1. The molecule has 104 valence electrons. The number of aromatic nitrogens is 1. The fourth-order valence-electron chi connectivity index (χ4n) is 1.16. The molecule has 0 aliphatic heterocycles. The molecule has 1 heterocycles. The highest BCUT2D eigenvalue weighted by Crippen LogP contribution is 1.98. The Morgan fingerprint density at radius 1 is 1.37 bits per heavy atom. The lowest BCUT2D eigenvalue weighted by atomic mass is 10.1. The quantitative estimate of drug-likeness (QED) is 0.296. The molecule has 19 heavy (non-hydrogen) atoms. The number of nitrogens with one attached hydrogen (secondary N) is 1. The van der Waals surface area contributed by atoms with Crippen molar-refractivity contribution in [2.75, 3.05) is 6.61 Å². The highest BCUT2D eigenvalue weighted by molar-refractivity contribution is 5.94. The number of rotatable bonds is 6. The molecule has 1 rings (SSSR count). The number of pyridine rings is 1. The Morgan fingerprint density at radius 2 is 2.00 bits per heavy atom. The van der Waals surface area contributed by atoms with Crippen LogP contribution in [0.15, 0.2) is 29.6 Å². The second-order valence-electron chi connectivity index (χ2n) is 3.69. The van der Waals surface area contributed by atoms with Crippen molar-refractivity contribution in [1.29, 1.82) is 0 Å². The number of nitrogens with zero attached hydrogens (tertiary/aromatic N) is 2. The molecule has 3 atom stereocenters. The fourth-order valence-corrected chi connectivity index (χ4v) is 1.16. The van der Waals surface area contributed by atoms with Crippen molar-refractivity contribution in [3.63, 3.8) is 0 Å². The normalized spacial score (nSPS) is 16.0. The van der Waals surface area contributed by atoms with Crippen LogP contribution in [0.1, 0.15) is 10.4 Å². The largest absolute Gasteiger partial charge is 0.394 e. The molecular weight excluding hydrogens is 254 g/mol. The lowest BCUT2D eigenvalue weighted by Gasteiger charge is -2.17. The Bertz CT molecular complexity index is 426. The van der Waals surface area contributed by atoms with Gasteiger partial charge in [-0.3, -0.25) is 9.78 Å². The number of aliphatic hydroxyl groups is 4. The topological polar surface area (TPSA) is 135 Å². The SMILES string of the molecule is O=C(NN=C[C@H](O)[C@@H](O)[C@H](O)CO)c1ccncc1. The first-order valence-electron chi connectivity index (χ1n) is 5.45. The second kappa shape index (κ2) is 7.54. The first kappa shape index (κ1) is 15.2. The third-order valence-electron chi connectivity index (χ3n) is 2.27. The molecule has 0 fully saturated rings. The molecule has 8 heteroatoms. The van der Waals surface area contributed by atoms with Gasteiger partial charge in [0.1, 0.15) is 18.3 Å². The van der Waals surface area contributed by atoms with Crippen molar-refractivity contribution in [2.24, 2.45) is 5.10 Å². The van der Waals surface area contributed by atoms with Crippen LogP contribution < -0.4 is 5.43 Å². The van der Waals surface area contributed by atoms with Gasteiger partial charge in [0.25, 0.3) is 5.91 Å². The lowest BCUT2D eigenvalue weighted by molar-refractivity contribution is -0.0542. The minimum Gasteiger partial charge on any atom is -0.394 e. The van der Waals surface area contributed by atoms with E-state index in [1.54, 1.807) is 0 Å². The van der Waals surface area contributed by atoms with Gasteiger partial charge in [-0.25, -0.2) is 5.43 Å². The molecule has 0 aliphatic rings. The molecule has 0 saturated carbocycles. The van der Waals surface area contributed by atoms with Crippen LogP contribution in [0.2, 0.25) is 0 Å². The monoisotopic (exact) mass is 269 g/mol. The van der Waals surface area contributed by atoms with Crippen molar-refractivity contribution in [1.82, 2.24) is 10.4 Å². The molecule has 5 N–H and O–H groups in total. The molecule has 1 amide bonds. The maximum Gasteiger partial charge on any atom is 0.271 e. The summed E-state index contributed by atoms with van der Waals surface area (Å²) in [5, 5.41) is 39.7. The van der Waals surface area contributed by atoms with Gasteiger partial charge in [0.15, 0.2) is 0 Å².